The Bertz CT molecular complexity index is 771. The lowest BCUT2D eigenvalue weighted by Gasteiger charge is -2.14. The molecule has 0 spiro atoms. The van der Waals surface area contributed by atoms with Crippen LogP contribution in [-0.4, -0.2) is 23.1 Å². The number of nitrogens with one attached hydrogen (secondary N) is 2. The van der Waals surface area contributed by atoms with Gasteiger partial charge in [0.15, 0.2) is 0 Å². The summed E-state index contributed by atoms with van der Waals surface area (Å²) >= 11 is 1.65. The second kappa shape index (κ2) is 5.00. The summed E-state index contributed by atoms with van der Waals surface area (Å²) in [5.74, 6) is 1.60. The van der Waals surface area contributed by atoms with Crippen LogP contribution in [-0.2, 0) is 12.8 Å². The Morgan fingerprint density at radius 1 is 1.10 bits per heavy atom. The number of benzene rings is 1. The number of nitrogens with zero attached hydrogens (tertiary/aromatic N) is 2. The van der Waals surface area contributed by atoms with Crippen LogP contribution in [0.4, 0.5) is 11.8 Å². The monoisotopic (exact) mass is 296 g/mol. The second-order valence-corrected chi connectivity index (χ2v) is 6.20. The maximum absolute atomic E-state index is 4.59. The van der Waals surface area contributed by atoms with Crippen LogP contribution in [0.3, 0.4) is 0 Å². The highest BCUT2D eigenvalue weighted by Gasteiger charge is 2.22. The molecule has 0 unspecified atom stereocenters. The van der Waals surface area contributed by atoms with Crippen molar-refractivity contribution in [1.82, 2.24) is 9.97 Å². The molecule has 3 aromatic rings. The SMILES string of the molecule is CNc1nc(NC2Cc3ccccc3C2)c2ccsc2n1. The van der Waals surface area contributed by atoms with E-state index < -0.39 is 0 Å². The molecule has 5 heteroatoms. The number of hydrogen-bond donors (Lipinski definition) is 2. The van der Waals surface area contributed by atoms with Gasteiger partial charge in [-0.25, -0.2) is 4.98 Å². The standard InChI is InChI=1S/C16H16N4S/c1-17-16-19-14(13-6-7-21-15(13)20-16)18-12-8-10-4-2-3-5-11(10)9-12/h2-7,12H,8-9H2,1H3,(H2,17,18,19,20). The Balaban J connectivity index is 1.65. The average Bonchev–Trinajstić information content (AvgIpc) is 3.12. The molecule has 0 radical (unpaired) electrons. The zero-order valence-electron chi connectivity index (χ0n) is 11.8. The molecule has 1 aromatic carbocycles. The van der Waals surface area contributed by atoms with Crippen molar-refractivity contribution in [3.05, 3.63) is 46.8 Å². The van der Waals surface area contributed by atoms with Crippen LogP contribution in [0, 0.1) is 0 Å². The van der Waals surface area contributed by atoms with E-state index in [9.17, 15) is 0 Å². The fourth-order valence-corrected chi connectivity index (χ4v) is 3.70. The van der Waals surface area contributed by atoms with Crippen molar-refractivity contribution in [3.63, 3.8) is 0 Å². The lowest BCUT2D eigenvalue weighted by Crippen LogP contribution is -2.20. The Hall–Kier alpha value is -2.14. The Kier molecular flexibility index (Phi) is 3.00. The highest BCUT2D eigenvalue weighted by Crippen LogP contribution is 2.29. The molecule has 1 aliphatic carbocycles. The summed E-state index contributed by atoms with van der Waals surface area (Å²) in [5.41, 5.74) is 2.89. The first-order valence-corrected chi connectivity index (χ1v) is 7.98. The smallest absolute Gasteiger partial charge is 0.225 e. The summed E-state index contributed by atoms with van der Waals surface area (Å²) in [5, 5.41) is 9.81. The van der Waals surface area contributed by atoms with Gasteiger partial charge in [0.2, 0.25) is 5.95 Å². The lowest BCUT2D eigenvalue weighted by atomic mass is 10.1. The number of fused-ring (bicyclic) bond motifs is 2. The minimum absolute atomic E-state index is 0.408. The number of hydrogen-bond acceptors (Lipinski definition) is 5. The topological polar surface area (TPSA) is 49.8 Å². The molecule has 2 heterocycles. The van der Waals surface area contributed by atoms with Gasteiger partial charge >= 0.3 is 0 Å². The van der Waals surface area contributed by atoms with Gasteiger partial charge in [-0.15, -0.1) is 11.3 Å². The minimum Gasteiger partial charge on any atom is -0.366 e. The first-order chi connectivity index (χ1) is 10.3. The lowest BCUT2D eigenvalue weighted by molar-refractivity contribution is 0.770. The van der Waals surface area contributed by atoms with Gasteiger partial charge in [-0.1, -0.05) is 24.3 Å². The van der Waals surface area contributed by atoms with Crippen LogP contribution >= 0.6 is 11.3 Å². The number of anilines is 2. The van der Waals surface area contributed by atoms with E-state index in [1.54, 1.807) is 11.3 Å². The van der Waals surface area contributed by atoms with E-state index >= 15 is 0 Å². The summed E-state index contributed by atoms with van der Waals surface area (Å²) in [6.07, 6.45) is 2.11. The van der Waals surface area contributed by atoms with Crippen molar-refractivity contribution < 1.29 is 0 Å². The first kappa shape index (κ1) is 12.6. The van der Waals surface area contributed by atoms with Crippen molar-refractivity contribution in [2.45, 2.75) is 18.9 Å². The second-order valence-electron chi connectivity index (χ2n) is 5.30. The molecule has 0 aliphatic heterocycles. The average molecular weight is 296 g/mol. The third kappa shape index (κ3) is 2.23. The van der Waals surface area contributed by atoms with E-state index in [2.05, 4.69) is 56.3 Å². The normalized spacial score (nSPS) is 14.3. The highest BCUT2D eigenvalue weighted by molar-refractivity contribution is 7.16. The predicted octanol–water partition coefficient (Wildman–Crippen LogP) is 3.31. The van der Waals surface area contributed by atoms with Crippen LogP contribution in [0.2, 0.25) is 0 Å². The summed E-state index contributed by atoms with van der Waals surface area (Å²) in [6.45, 7) is 0. The zero-order chi connectivity index (χ0) is 14.2. The number of thiophene rings is 1. The van der Waals surface area contributed by atoms with Gasteiger partial charge in [-0.05, 0) is 35.4 Å². The van der Waals surface area contributed by atoms with E-state index in [0.717, 1.165) is 28.9 Å². The molecular weight excluding hydrogens is 280 g/mol. The molecule has 0 atom stereocenters. The fraction of sp³-hybridized carbons (Fsp3) is 0.250. The molecule has 0 fully saturated rings. The highest BCUT2D eigenvalue weighted by atomic mass is 32.1. The van der Waals surface area contributed by atoms with Crippen molar-refractivity contribution in [2.24, 2.45) is 0 Å². The van der Waals surface area contributed by atoms with Gasteiger partial charge in [0.1, 0.15) is 10.6 Å². The molecule has 106 valence electrons. The summed E-state index contributed by atoms with van der Waals surface area (Å²) in [7, 11) is 1.85. The van der Waals surface area contributed by atoms with E-state index in [1.165, 1.54) is 11.1 Å². The first-order valence-electron chi connectivity index (χ1n) is 7.10. The van der Waals surface area contributed by atoms with Gasteiger partial charge < -0.3 is 10.6 Å². The molecular formula is C16H16N4S. The fourth-order valence-electron chi connectivity index (χ4n) is 2.93. The molecule has 0 saturated carbocycles. The van der Waals surface area contributed by atoms with E-state index in [4.69, 9.17) is 0 Å². The molecule has 2 aromatic heterocycles. The molecule has 0 amide bonds. The maximum atomic E-state index is 4.59. The van der Waals surface area contributed by atoms with Crippen LogP contribution in [0.25, 0.3) is 10.2 Å². The van der Waals surface area contributed by atoms with Gasteiger partial charge in [0.05, 0.1) is 5.39 Å². The molecule has 4 nitrogen and oxygen atoms in total. The Labute approximate surface area is 127 Å². The van der Waals surface area contributed by atoms with E-state index in [0.29, 0.717) is 12.0 Å². The van der Waals surface area contributed by atoms with Crippen molar-refractivity contribution >= 4 is 33.3 Å². The molecule has 0 bridgehead atoms. The molecule has 21 heavy (non-hydrogen) atoms. The molecule has 0 saturated heterocycles. The van der Waals surface area contributed by atoms with Gasteiger partial charge in [-0.3, -0.25) is 0 Å². The van der Waals surface area contributed by atoms with Crippen molar-refractivity contribution in [3.8, 4) is 0 Å². The van der Waals surface area contributed by atoms with Gasteiger partial charge in [0, 0.05) is 13.1 Å². The maximum Gasteiger partial charge on any atom is 0.225 e. The third-order valence-electron chi connectivity index (χ3n) is 3.94. The molecule has 2 N–H and O–H groups in total. The quantitative estimate of drug-likeness (QED) is 0.778. The molecule has 1 aliphatic rings. The van der Waals surface area contributed by atoms with E-state index in [-0.39, 0.29) is 0 Å². The molecule has 4 rings (SSSR count). The predicted molar refractivity (Wildman–Crippen MR) is 88.2 cm³/mol. The Morgan fingerprint density at radius 2 is 1.86 bits per heavy atom. The van der Waals surface area contributed by atoms with Crippen LogP contribution in [0.1, 0.15) is 11.1 Å². The largest absolute Gasteiger partial charge is 0.366 e. The van der Waals surface area contributed by atoms with Crippen molar-refractivity contribution in [1.29, 1.82) is 0 Å². The van der Waals surface area contributed by atoms with Gasteiger partial charge in [-0.2, -0.15) is 4.98 Å². The van der Waals surface area contributed by atoms with E-state index in [1.807, 2.05) is 7.05 Å². The van der Waals surface area contributed by atoms with Crippen LogP contribution < -0.4 is 10.6 Å². The third-order valence-corrected chi connectivity index (χ3v) is 4.75. The minimum atomic E-state index is 0.408. The zero-order valence-corrected chi connectivity index (χ0v) is 12.6. The Morgan fingerprint density at radius 3 is 2.57 bits per heavy atom. The number of rotatable bonds is 3. The van der Waals surface area contributed by atoms with Crippen LogP contribution in [0.15, 0.2) is 35.7 Å². The number of aromatic nitrogens is 2. The summed E-state index contributed by atoms with van der Waals surface area (Å²) in [6, 6.07) is 11.2. The van der Waals surface area contributed by atoms with Gasteiger partial charge in [0.25, 0.3) is 0 Å². The van der Waals surface area contributed by atoms with Crippen molar-refractivity contribution in [2.75, 3.05) is 17.7 Å². The summed E-state index contributed by atoms with van der Waals surface area (Å²) < 4.78 is 0. The summed E-state index contributed by atoms with van der Waals surface area (Å²) in [4.78, 5) is 10.1. The van der Waals surface area contributed by atoms with Crippen LogP contribution in [0.5, 0.6) is 0 Å².